The second-order valence-corrected chi connectivity index (χ2v) is 8.79. The minimum absolute atomic E-state index is 0.164. The number of aliphatic hydroxyl groups excluding tert-OH is 2. The van der Waals surface area contributed by atoms with Crippen molar-refractivity contribution in [2.75, 3.05) is 13.2 Å². The number of aliphatic hydroxyl groups is 2. The molecule has 1 atom stereocenters. The summed E-state index contributed by atoms with van der Waals surface area (Å²) in [5.41, 5.74) is -2.75. The Hall–Kier alpha value is -2.20. The Labute approximate surface area is 201 Å². The summed E-state index contributed by atoms with van der Waals surface area (Å²) in [5, 5.41) is 44.9. The average molecular weight is 491 g/mol. The van der Waals surface area contributed by atoms with Crippen molar-refractivity contribution in [3.63, 3.8) is 0 Å². The molecule has 1 unspecified atom stereocenters. The van der Waals surface area contributed by atoms with Gasteiger partial charge in [-0.3, -0.25) is 19.2 Å². The molecule has 10 heteroatoms. The molecule has 10 nitrogen and oxygen atoms in total. The van der Waals surface area contributed by atoms with Crippen LogP contribution in [0.4, 0.5) is 0 Å². The predicted molar refractivity (Wildman–Crippen MR) is 123 cm³/mol. The van der Waals surface area contributed by atoms with Crippen LogP contribution in [0, 0.1) is 5.41 Å². The van der Waals surface area contributed by atoms with E-state index in [1.54, 1.807) is 0 Å². The molecule has 0 aliphatic rings. The van der Waals surface area contributed by atoms with Crippen LogP contribution >= 0.6 is 0 Å². The van der Waals surface area contributed by atoms with Gasteiger partial charge in [0.15, 0.2) is 0 Å². The number of hydrogen-bond donors (Lipinski definition) is 5. The molecule has 5 N–H and O–H groups in total. The maximum Gasteiger partial charge on any atom is 0.332 e. The van der Waals surface area contributed by atoms with E-state index in [0.717, 1.165) is 70.6 Å². The van der Waals surface area contributed by atoms with Gasteiger partial charge >= 0.3 is 23.9 Å². The van der Waals surface area contributed by atoms with Gasteiger partial charge in [0.05, 0.1) is 6.61 Å². The van der Waals surface area contributed by atoms with Crippen molar-refractivity contribution < 1.29 is 49.4 Å². The fourth-order valence-corrected chi connectivity index (χ4v) is 3.69. The maximum absolute atomic E-state index is 11.4. The van der Waals surface area contributed by atoms with Gasteiger partial charge < -0.3 is 30.3 Å². The molecule has 0 radical (unpaired) electrons. The lowest BCUT2D eigenvalue weighted by Gasteiger charge is -2.19. The first kappa shape index (κ1) is 31.8. The van der Waals surface area contributed by atoms with Gasteiger partial charge in [0.2, 0.25) is 0 Å². The molecule has 0 bridgehead atoms. The first-order valence-corrected chi connectivity index (χ1v) is 12.3. The quantitative estimate of drug-likeness (QED) is 0.0809. The highest BCUT2D eigenvalue weighted by Gasteiger charge is 2.53. The van der Waals surface area contributed by atoms with Gasteiger partial charge in [0.25, 0.3) is 5.41 Å². The maximum atomic E-state index is 11.4. The third-order valence-corrected chi connectivity index (χ3v) is 5.93. The van der Waals surface area contributed by atoms with Crippen LogP contribution in [0.25, 0.3) is 0 Å². The van der Waals surface area contributed by atoms with Crippen molar-refractivity contribution in [1.82, 2.24) is 0 Å². The van der Waals surface area contributed by atoms with Crippen LogP contribution < -0.4 is 0 Å². The zero-order valence-corrected chi connectivity index (χ0v) is 20.1. The Balaban J connectivity index is 3.53. The second kappa shape index (κ2) is 19.1. The molecular formula is C24H42O10. The summed E-state index contributed by atoms with van der Waals surface area (Å²) in [6.07, 6.45) is 12.3. The number of ether oxygens (including phenoxy) is 1. The van der Waals surface area contributed by atoms with E-state index >= 15 is 0 Å². The summed E-state index contributed by atoms with van der Waals surface area (Å²) < 4.78 is 4.84. The van der Waals surface area contributed by atoms with Gasteiger partial charge in [0.1, 0.15) is 12.7 Å². The number of esters is 1. The largest absolute Gasteiger partial charge is 0.480 e. The molecule has 0 saturated carbocycles. The molecule has 0 aliphatic carbocycles. The van der Waals surface area contributed by atoms with Crippen LogP contribution in [-0.2, 0) is 23.9 Å². The summed E-state index contributed by atoms with van der Waals surface area (Å²) >= 11 is 0. The SMILES string of the molecule is O=C(CCCCCCCCCCCCCCCCC(C(=O)O)(C(=O)O)C(=O)O)OCC(O)CO. The molecule has 0 heterocycles. The highest BCUT2D eigenvalue weighted by atomic mass is 16.5. The van der Waals surface area contributed by atoms with E-state index in [-0.39, 0.29) is 19.0 Å². The lowest BCUT2D eigenvalue weighted by Crippen LogP contribution is -2.46. The lowest BCUT2D eigenvalue weighted by molar-refractivity contribution is -0.176. The van der Waals surface area contributed by atoms with Crippen LogP contribution in [0.15, 0.2) is 0 Å². The van der Waals surface area contributed by atoms with Crippen LogP contribution in [0.1, 0.15) is 103 Å². The van der Waals surface area contributed by atoms with E-state index < -0.39 is 42.5 Å². The Kier molecular flexibility index (Phi) is 17.9. The number of carbonyl (C=O) groups excluding carboxylic acids is 1. The van der Waals surface area contributed by atoms with Crippen LogP contribution in [0.5, 0.6) is 0 Å². The van der Waals surface area contributed by atoms with E-state index in [9.17, 15) is 19.2 Å². The Morgan fingerprint density at radius 3 is 1.32 bits per heavy atom. The first-order valence-electron chi connectivity index (χ1n) is 12.3. The molecule has 0 amide bonds. The summed E-state index contributed by atoms with van der Waals surface area (Å²) in [6.45, 7) is -0.585. The normalized spacial score (nSPS) is 12.3. The third-order valence-electron chi connectivity index (χ3n) is 5.93. The molecule has 198 valence electrons. The predicted octanol–water partition coefficient (Wildman–Crippen LogP) is 3.36. The number of unbranched alkanes of at least 4 members (excludes halogenated alkanes) is 13. The van der Waals surface area contributed by atoms with Gasteiger partial charge in [-0.15, -0.1) is 0 Å². The summed E-state index contributed by atoms with van der Waals surface area (Å²) in [7, 11) is 0. The number of rotatable bonds is 23. The Morgan fingerprint density at radius 1 is 0.618 bits per heavy atom. The molecule has 0 aliphatic heterocycles. The molecular weight excluding hydrogens is 448 g/mol. The van der Waals surface area contributed by atoms with Crippen molar-refractivity contribution in [1.29, 1.82) is 0 Å². The number of carbonyl (C=O) groups is 4. The van der Waals surface area contributed by atoms with Crippen molar-refractivity contribution in [2.24, 2.45) is 5.41 Å². The minimum Gasteiger partial charge on any atom is -0.480 e. The van der Waals surface area contributed by atoms with Gasteiger partial charge in [-0.05, 0) is 12.8 Å². The second-order valence-electron chi connectivity index (χ2n) is 8.79. The Morgan fingerprint density at radius 2 is 0.971 bits per heavy atom. The standard InChI is InChI=1S/C24H42O10/c25-17-19(26)18-34-20(27)15-13-11-9-7-5-3-1-2-4-6-8-10-12-14-16-24(21(28)29,22(30)31)23(32)33/h19,25-26H,1-18H2,(H,28,29)(H,30,31)(H,32,33). The van der Waals surface area contributed by atoms with E-state index in [2.05, 4.69) is 0 Å². The summed E-state index contributed by atoms with van der Waals surface area (Å²) in [4.78, 5) is 44.9. The molecule has 0 aromatic carbocycles. The molecule has 0 spiro atoms. The topological polar surface area (TPSA) is 179 Å². The van der Waals surface area contributed by atoms with Gasteiger partial charge in [-0.25, -0.2) is 0 Å². The lowest BCUT2D eigenvalue weighted by atomic mass is 9.82. The fourth-order valence-electron chi connectivity index (χ4n) is 3.69. The van der Waals surface area contributed by atoms with Crippen molar-refractivity contribution in [3.8, 4) is 0 Å². The molecule has 34 heavy (non-hydrogen) atoms. The van der Waals surface area contributed by atoms with Crippen molar-refractivity contribution in [3.05, 3.63) is 0 Å². The fraction of sp³-hybridized carbons (Fsp3) is 0.833. The van der Waals surface area contributed by atoms with Crippen molar-refractivity contribution >= 4 is 23.9 Å². The molecule has 0 aromatic heterocycles. The zero-order valence-electron chi connectivity index (χ0n) is 20.1. The van der Waals surface area contributed by atoms with Crippen LogP contribution in [-0.4, -0.2) is 68.7 Å². The van der Waals surface area contributed by atoms with Crippen LogP contribution in [0.3, 0.4) is 0 Å². The molecule has 0 fully saturated rings. The number of carboxylic acids is 3. The molecule has 0 saturated heterocycles. The third kappa shape index (κ3) is 13.5. The van der Waals surface area contributed by atoms with Gasteiger partial charge in [-0.1, -0.05) is 83.5 Å². The number of aliphatic carboxylic acids is 3. The van der Waals surface area contributed by atoms with E-state index in [0.29, 0.717) is 12.8 Å². The molecule has 0 aromatic rings. The monoisotopic (exact) mass is 490 g/mol. The van der Waals surface area contributed by atoms with Crippen LogP contribution in [0.2, 0.25) is 0 Å². The van der Waals surface area contributed by atoms with Gasteiger partial charge in [0, 0.05) is 6.42 Å². The first-order chi connectivity index (χ1) is 16.2. The smallest absolute Gasteiger partial charge is 0.332 e. The zero-order chi connectivity index (χ0) is 25.8. The van der Waals surface area contributed by atoms with E-state index in [1.165, 1.54) is 6.42 Å². The Bertz CT molecular complexity index is 569. The van der Waals surface area contributed by atoms with E-state index in [1.807, 2.05) is 0 Å². The summed E-state index contributed by atoms with van der Waals surface area (Å²) in [5.74, 6) is -5.83. The summed E-state index contributed by atoms with van der Waals surface area (Å²) in [6, 6.07) is 0. The average Bonchev–Trinajstić information content (AvgIpc) is 2.78. The van der Waals surface area contributed by atoms with Gasteiger partial charge in [-0.2, -0.15) is 0 Å². The van der Waals surface area contributed by atoms with Crippen molar-refractivity contribution in [2.45, 2.75) is 109 Å². The highest BCUT2D eigenvalue weighted by Crippen LogP contribution is 2.27. The number of hydrogen-bond acceptors (Lipinski definition) is 7. The minimum atomic E-state index is -2.75. The molecule has 0 rings (SSSR count). The van der Waals surface area contributed by atoms with E-state index in [4.69, 9.17) is 30.3 Å². The highest BCUT2D eigenvalue weighted by molar-refractivity contribution is 6.16. The number of carboxylic acid groups (broad SMARTS) is 3.